The van der Waals surface area contributed by atoms with Crippen molar-refractivity contribution >= 4 is 5.82 Å². The lowest BCUT2D eigenvalue weighted by atomic mass is 9.95. The maximum atomic E-state index is 9.52. The summed E-state index contributed by atoms with van der Waals surface area (Å²) in [5.41, 5.74) is 9.93. The van der Waals surface area contributed by atoms with Crippen molar-refractivity contribution in [3.63, 3.8) is 0 Å². The van der Waals surface area contributed by atoms with Crippen molar-refractivity contribution < 1.29 is 0 Å². The third-order valence-corrected chi connectivity index (χ3v) is 3.97. The van der Waals surface area contributed by atoms with Crippen LogP contribution in [-0.2, 0) is 5.41 Å². The van der Waals surface area contributed by atoms with Crippen molar-refractivity contribution in [2.45, 2.75) is 33.1 Å². The Kier molecular flexibility index (Phi) is 4.39. The Hall–Kier alpha value is -3.33. The van der Waals surface area contributed by atoms with Gasteiger partial charge in [-0.05, 0) is 24.6 Å². The number of hydrogen-bond acceptors (Lipinski definition) is 6. The van der Waals surface area contributed by atoms with Gasteiger partial charge in [0, 0.05) is 35.1 Å². The highest BCUT2D eigenvalue weighted by atomic mass is 14.9. The van der Waals surface area contributed by atoms with Crippen LogP contribution in [0.3, 0.4) is 0 Å². The first kappa shape index (κ1) is 17.5. The quantitative estimate of drug-likeness (QED) is 0.761. The molecule has 0 bridgehead atoms. The lowest BCUT2D eigenvalue weighted by Crippen LogP contribution is -2.15. The van der Waals surface area contributed by atoms with Gasteiger partial charge in [0.1, 0.15) is 23.3 Å². The summed E-state index contributed by atoms with van der Waals surface area (Å²) in [6.07, 6.45) is 5.21. The highest BCUT2D eigenvalue weighted by molar-refractivity contribution is 5.78. The van der Waals surface area contributed by atoms with E-state index in [-0.39, 0.29) is 11.2 Å². The molecule has 3 aromatic rings. The Balaban J connectivity index is 2.14. The van der Waals surface area contributed by atoms with E-state index >= 15 is 0 Å². The van der Waals surface area contributed by atoms with Crippen molar-refractivity contribution in [3.8, 4) is 28.6 Å². The fraction of sp³-hybridized carbons (Fsp3) is 0.250. The van der Waals surface area contributed by atoms with Crippen molar-refractivity contribution in [2.75, 3.05) is 5.73 Å². The number of nitriles is 1. The van der Waals surface area contributed by atoms with Gasteiger partial charge in [0.05, 0.1) is 11.4 Å². The fourth-order valence-corrected chi connectivity index (χ4v) is 2.51. The molecule has 0 saturated heterocycles. The third-order valence-electron chi connectivity index (χ3n) is 3.97. The van der Waals surface area contributed by atoms with Gasteiger partial charge in [0.2, 0.25) is 0 Å². The zero-order valence-corrected chi connectivity index (χ0v) is 15.3. The summed E-state index contributed by atoms with van der Waals surface area (Å²) in [7, 11) is 0. The summed E-state index contributed by atoms with van der Waals surface area (Å²) in [5, 5.41) is 9.52. The zero-order valence-electron chi connectivity index (χ0n) is 15.3. The van der Waals surface area contributed by atoms with Gasteiger partial charge in [-0.15, -0.1) is 0 Å². The summed E-state index contributed by atoms with van der Waals surface area (Å²) < 4.78 is 0. The highest BCUT2D eigenvalue weighted by Crippen LogP contribution is 2.30. The predicted octanol–water partition coefficient (Wildman–Crippen LogP) is 3.66. The van der Waals surface area contributed by atoms with Crippen LogP contribution in [0.25, 0.3) is 22.5 Å². The van der Waals surface area contributed by atoms with E-state index in [1.807, 2.05) is 45.9 Å². The van der Waals surface area contributed by atoms with E-state index in [9.17, 15) is 5.26 Å². The maximum Gasteiger partial charge on any atom is 0.142 e. The maximum absolute atomic E-state index is 9.52. The largest absolute Gasteiger partial charge is 0.383 e. The van der Waals surface area contributed by atoms with Gasteiger partial charge in [-0.1, -0.05) is 26.8 Å². The molecule has 0 amide bonds. The number of nitrogens with zero attached hydrogens (tertiary/aromatic N) is 5. The van der Waals surface area contributed by atoms with Crippen molar-refractivity contribution in [2.24, 2.45) is 0 Å². The van der Waals surface area contributed by atoms with Crippen molar-refractivity contribution in [1.82, 2.24) is 19.9 Å². The molecule has 0 spiro atoms. The minimum atomic E-state index is -0.148. The summed E-state index contributed by atoms with van der Waals surface area (Å²) in [6, 6.07) is 7.78. The third kappa shape index (κ3) is 3.38. The summed E-state index contributed by atoms with van der Waals surface area (Å²) in [6.45, 7) is 8.12. The molecule has 0 unspecified atom stereocenters. The highest BCUT2D eigenvalue weighted by Gasteiger charge is 2.19. The van der Waals surface area contributed by atoms with Crippen molar-refractivity contribution in [3.05, 3.63) is 53.7 Å². The van der Waals surface area contributed by atoms with Gasteiger partial charge in [0.25, 0.3) is 0 Å². The normalized spacial score (nSPS) is 11.2. The van der Waals surface area contributed by atoms with Crippen LogP contribution in [0.4, 0.5) is 5.82 Å². The smallest absolute Gasteiger partial charge is 0.142 e. The SMILES string of the molecule is Cc1ccc(-c2cc(-c3cnc(C(C)(C)C)nc3)c(C#N)c(N)n2)nc1. The van der Waals surface area contributed by atoms with E-state index in [0.29, 0.717) is 22.5 Å². The Labute approximate surface area is 152 Å². The first-order valence-electron chi connectivity index (χ1n) is 8.26. The van der Waals surface area contributed by atoms with E-state index in [1.165, 1.54) is 0 Å². The molecule has 0 aromatic carbocycles. The van der Waals surface area contributed by atoms with Crippen LogP contribution in [-0.4, -0.2) is 19.9 Å². The minimum absolute atomic E-state index is 0.148. The molecular weight excluding hydrogens is 324 g/mol. The standard InChI is InChI=1S/C20H20N6/c1-12-5-6-16(23-9-12)17-7-14(15(8-21)18(22)26-17)13-10-24-19(25-11-13)20(2,3)4/h5-7,9-11H,1-4H3,(H2,22,26). The van der Waals surface area contributed by atoms with E-state index in [4.69, 9.17) is 5.73 Å². The van der Waals surface area contributed by atoms with Crippen LogP contribution >= 0.6 is 0 Å². The average Bonchev–Trinajstić information content (AvgIpc) is 2.61. The molecule has 0 aliphatic carbocycles. The second-order valence-electron chi connectivity index (χ2n) is 7.19. The second-order valence-corrected chi connectivity index (χ2v) is 7.19. The molecule has 2 N–H and O–H groups in total. The summed E-state index contributed by atoms with van der Waals surface area (Å²) >= 11 is 0. The number of anilines is 1. The molecule has 3 heterocycles. The molecule has 6 heteroatoms. The lowest BCUT2D eigenvalue weighted by Gasteiger charge is -2.16. The van der Waals surface area contributed by atoms with E-state index in [0.717, 1.165) is 17.0 Å². The van der Waals surface area contributed by atoms with Crippen LogP contribution in [0.2, 0.25) is 0 Å². The number of aromatic nitrogens is 4. The van der Waals surface area contributed by atoms with E-state index < -0.39 is 0 Å². The molecule has 0 saturated carbocycles. The zero-order chi connectivity index (χ0) is 18.9. The summed E-state index contributed by atoms with van der Waals surface area (Å²) in [5.74, 6) is 0.907. The van der Waals surface area contributed by atoms with Gasteiger partial charge in [-0.3, -0.25) is 4.98 Å². The van der Waals surface area contributed by atoms with Crippen LogP contribution in [0.1, 0.15) is 37.7 Å². The molecule has 3 aromatic heterocycles. The van der Waals surface area contributed by atoms with Gasteiger partial charge in [-0.2, -0.15) is 5.26 Å². The Morgan fingerprint density at radius 3 is 2.23 bits per heavy atom. The fourth-order valence-electron chi connectivity index (χ4n) is 2.51. The number of pyridine rings is 2. The van der Waals surface area contributed by atoms with Gasteiger partial charge < -0.3 is 5.73 Å². The number of rotatable bonds is 2. The van der Waals surface area contributed by atoms with Crippen molar-refractivity contribution in [1.29, 1.82) is 5.26 Å². The first-order chi connectivity index (χ1) is 12.3. The monoisotopic (exact) mass is 344 g/mol. The molecule has 26 heavy (non-hydrogen) atoms. The Bertz CT molecular complexity index is 977. The van der Waals surface area contributed by atoms with Crippen LogP contribution in [0, 0.1) is 18.3 Å². The molecule has 130 valence electrons. The molecular formula is C20H20N6. The number of hydrogen-bond donors (Lipinski definition) is 1. The lowest BCUT2D eigenvalue weighted by molar-refractivity contribution is 0.545. The average molecular weight is 344 g/mol. The minimum Gasteiger partial charge on any atom is -0.383 e. The van der Waals surface area contributed by atoms with Crippen LogP contribution in [0.15, 0.2) is 36.8 Å². The van der Waals surface area contributed by atoms with E-state index in [1.54, 1.807) is 18.6 Å². The Morgan fingerprint density at radius 2 is 1.69 bits per heavy atom. The summed E-state index contributed by atoms with van der Waals surface area (Å²) in [4.78, 5) is 17.6. The molecule has 0 fully saturated rings. The second kappa shape index (κ2) is 6.52. The number of nitrogens with two attached hydrogens (primary N) is 1. The molecule has 0 radical (unpaired) electrons. The molecule has 0 atom stereocenters. The number of aryl methyl sites for hydroxylation is 1. The Morgan fingerprint density at radius 1 is 1.00 bits per heavy atom. The van der Waals surface area contributed by atoms with Gasteiger partial charge in [-0.25, -0.2) is 15.0 Å². The predicted molar refractivity (Wildman–Crippen MR) is 101 cm³/mol. The number of nitrogen functional groups attached to an aromatic ring is 1. The van der Waals surface area contributed by atoms with Gasteiger partial charge >= 0.3 is 0 Å². The van der Waals surface area contributed by atoms with Gasteiger partial charge in [0.15, 0.2) is 0 Å². The topological polar surface area (TPSA) is 101 Å². The molecule has 6 nitrogen and oxygen atoms in total. The molecule has 3 rings (SSSR count). The first-order valence-corrected chi connectivity index (χ1v) is 8.26. The van der Waals surface area contributed by atoms with Crippen LogP contribution < -0.4 is 5.73 Å². The molecule has 0 aliphatic rings. The molecule has 0 aliphatic heterocycles. The van der Waals surface area contributed by atoms with Crippen LogP contribution in [0.5, 0.6) is 0 Å². The van der Waals surface area contributed by atoms with E-state index in [2.05, 4.69) is 26.0 Å².